The Morgan fingerprint density at radius 1 is 1.44 bits per heavy atom. The number of hydrogen-bond donors (Lipinski definition) is 0. The molecule has 1 fully saturated rings. The van der Waals surface area contributed by atoms with E-state index in [1.54, 1.807) is 13.3 Å². The van der Waals surface area contributed by atoms with Gasteiger partial charge in [0.2, 0.25) is 0 Å². The van der Waals surface area contributed by atoms with Crippen molar-refractivity contribution in [1.29, 1.82) is 0 Å². The van der Waals surface area contributed by atoms with Gasteiger partial charge in [-0.3, -0.25) is 9.69 Å². The van der Waals surface area contributed by atoms with Crippen molar-refractivity contribution in [3.05, 3.63) is 12.2 Å². The van der Waals surface area contributed by atoms with Gasteiger partial charge in [-0.15, -0.1) is 10.2 Å². The number of carbonyl (C=O) groups excluding carboxylic acids is 1. The number of likely N-dealkylation sites (tertiary alicyclic amines) is 1. The quantitative estimate of drug-likeness (QED) is 0.813. The fraction of sp³-hybridized carbons (Fsp3) is 0.769. The SMILES string of the molecule is CC(=O)CC1CCCCCN1Cc1nncn1C. The van der Waals surface area contributed by atoms with Gasteiger partial charge in [-0.2, -0.15) is 0 Å². The van der Waals surface area contributed by atoms with Crippen LogP contribution in [0, 0.1) is 0 Å². The summed E-state index contributed by atoms with van der Waals surface area (Å²) in [6.07, 6.45) is 7.23. The second-order valence-corrected chi connectivity index (χ2v) is 5.24. The smallest absolute Gasteiger partial charge is 0.146 e. The molecule has 0 spiro atoms. The highest BCUT2D eigenvalue weighted by Crippen LogP contribution is 2.21. The Kier molecular flexibility index (Phi) is 4.47. The Hall–Kier alpha value is -1.23. The fourth-order valence-electron chi connectivity index (χ4n) is 2.64. The van der Waals surface area contributed by atoms with E-state index in [1.807, 2.05) is 11.6 Å². The molecule has 1 aromatic rings. The molecule has 1 atom stereocenters. The van der Waals surface area contributed by atoms with Gasteiger partial charge in [0, 0.05) is 19.5 Å². The first-order chi connectivity index (χ1) is 8.66. The van der Waals surface area contributed by atoms with E-state index in [9.17, 15) is 4.79 Å². The second kappa shape index (κ2) is 6.09. The number of hydrogen-bond acceptors (Lipinski definition) is 4. The zero-order valence-electron chi connectivity index (χ0n) is 11.3. The first-order valence-electron chi connectivity index (χ1n) is 6.73. The molecular formula is C13H22N4O. The molecule has 0 amide bonds. The molecule has 2 heterocycles. The Morgan fingerprint density at radius 3 is 2.94 bits per heavy atom. The number of carbonyl (C=O) groups is 1. The van der Waals surface area contributed by atoms with Gasteiger partial charge >= 0.3 is 0 Å². The van der Waals surface area contributed by atoms with Crippen LogP contribution in [0.5, 0.6) is 0 Å². The molecule has 1 aliphatic heterocycles. The zero-order chi connectivity index (χ0) is 13.0. The number of aromatic nitrogens is 3. The fourth-order valence-corrected chi connectivity index (χ4v) is 2.64. The summed E-state index contributed by atoms with van der Waals surface area (Å²) in [6.45, 7) is 3.55. The second-order valence-electron chi connectivity index (χ2n) is 5.24. The average Bonchev–Trinajstić information content (AvgIpc) is 2.58. The predicted octanol–water partition coefficient (Wildman–Crippen LogP) is 1.54. The van der Waals surface area contributed by atoms with Crippen molar-refractivity contribution in [3.63, 3.8) is 0 Å². The molecule has 1 unspecified atom stereocenters. The third-order valence-corrected chi connectivity index (χ3v) is 3.67. The van der Waals surface area contributed by atoms with E-state index in [4.69, 9.17) is 0 Å². The first kappa shape index (κ1) is 13.2. The van der Waals surface area contributed by atoms with Crippen molar-refractivity contribution in [2.75, 3.05) is 6.54 Å². The maximum atomic E-state index is 11.4. The van der Waals surface area contributed by atoms with Gasteiger partial charge in [-0.25, -0.2) is 0 Å². The molecule has 0 bridgehead atoms. The van der Waals surface area contributed by atoms with Crippen molar-refractivity contribution in [3.8, 4) is 0 Å². The van der Waals surface area contributed by atoms with E-state index in [1.165, 1.54) is 19.3 Å². The van der Waals surface area contributed by atoms with Crippen molar-refractivity contribution < 1.29 is 4.79 Å². The van der Waals surface area contributed by atoms with Crippen molar-refractivity contribution in [2.24, 2.45) is 7.05 Å². The monoisotopic (exact) mass is 250 g/mol. The highest BCUT2D eigenvalue weighted by atomic mass is 16.1. The summed E-state index contributed by atoms with van der Waals surface area (Å²) in [5.41, 5.74) is 0. The molecule has 0 aliphatic carbocycles. The molecule has 18 heavy (non-hydrogen) atoms. The van der Waals surface area contributed by atoms with Crippen LogP contribution in [0.2, 0.25) is 0 Å². The summed E-state index contributed by atoms with van der Waals surface area (Å²) in [6, 6.07) is 0.377. The minimum atomic E-state index is 0.282. The molecule has 1 aliphatic rings. The Balaban J connectivity index is 2.05. The highest BCUT2D eigenvalue weighted by Gasteiger charge is 2.23. The molecular weight excluding hydrogens is 228 g/mol. The molecule has 5 nitrogen and oxygen atoms in total. The number of rotatable bonds is 4. The van der Waals surface area contributed by atoms with E-state index in [0.29, 0.717) is 12.5 Å². The Bertz CT molecular complexity index is 401. The molecule has 0 N–H and O–H groups in total. The van der Waals surface area contributed by atoms with Gasteiger partial charge in [0.15, 0.2) is 0 Å². The van der Waals surface area contributed by atoms with Crippen LogP contribution in [0.4, 0.5) is 0 Å². The third kappa shape index (κ3) is 3.38. The highest BCUT2D eigenvalue weighted by molar-refractivity contribution is 5.76. The van der Waals surface area contributed by atoms with Crippen LogP contribution in [0.25, 0.3) is 0 Å². The van der Waals surface area contributed by atoms with E-state index < -0.39 is 0 Å². The van der Waals surface area contributed by atoms with E-state index in [0.717, 1.165) is 25.3 Å². The van der Waals surface area contributed by atoms with Gasteiger partial charge in [-0.1, -0.05) is 12.8 Å². The summed E-state index contributed by atoms with van der Waals surface area (Å²) in [5, 5.41) is 8.06. The summed E-state index contributed by atoms with van der Waals surface area (Å²) < 4.78 is 1.95. The maximum absolute atomic E-state index is 11.4. The van der Waals surface area contributed by atoms with Crippen LogP contribution in [-0.2, 0) is 18.4 Å². The van der Waals surface area contributed by atoms with Crippen LogP contribution in [0.1, 0.15) is 44.9 Å². The van der Waals surface area contributed by atoms with E-state index in [-0.39, 0.29) is 5.78 Å². The lowest BCUT2D eigenvalue weighted by Gasteiger charge is -2.28. The van der Waals surface area contributed by atoms with E-state index in [2.05, 4.69) is 15.1 Å². The molecule has 0 radical (unpaired) electrons. The van der Waals surface area contributed by atoms with Crippen LogP contribution < -0.4 is 0 Å². The largest absolute Gasteiger partial charge is 0.320 e. The summed E-state index contributed by atoms with van der Waals surface area (Å²) >= 11 is 0. The zero-order valence-corrected chi connectivity index (χ0v) is 11.3. The molecule has 5 heteroatoms. The lowest BCUT2D eigenvalue weighted by molar-refractivity contribution is -0.118. The minimum absolute atomic E-state index is 0.282. The number of Topliss-reactive ketones (excluding diaryl/α,β-unsaturated/α-hetero) is 1. The topological polar surface area (TPSA) is 51.0 Å². The summed E-state index contributed by atoms with van der Waals surface area (Å²) in [5.74, 6) is 1.26. The molecule has 1 saturated heterocycles. The van der Waals surface area contributed by atoms with E-state index >= 15 is 0 Å². The molecule has 0 saturated carbocycles. The van der Waals surface area contributed by atoms with Crippen molar-refractivity contribution in [2.45, 2.75) is 51.6 Å². The molecule has 100 valence electrons. The molecule has 1 aromatic heterocycles. The van der Waals surface area contributed by atoms with Crippen LogP contribution in [0.3, 0.4) is 0 Å². The van der Waals surface area contributed by atoms with Gasteiger partial charge in [-0.05, 0) is 26.3 Å². The van der Waals surface area contributed by atoms with Gasteiger partial charge in [0.05, 0.1) is 6.54 Å². The van der Waals surface area contributed by atoms with Crippen LogP contribution in [0.15, 0.2) is 6.33 Å². The third-order valence-electron chi connectivity index (χ3n) is 3.67. The van der Waals surface area contributed by atoms with Gasteiger partial charge in [0.1, 0.15) is 17.9 Å². The van der Waals surface area contributed by atoms with Gasteiger partial charge < -0.3 is 4.57 Å². The number of aryl methyl sites for hydroxylation is 1. The van der Waals surface area contributed by atoms with Crippen molar-refractivity contribution in [1.82, 2.24) is 19.7 Å². The lowest BCUT2D eigenvalue weighted by Crippen LogP contribution is -2.36. The number of nitrogens with zero attached hydrogens (tertiary/aromatic N) is 4. The van der Waals surface area contributed by atoms with Crippen LogP contribution >= 0.6 is 0 Å². The molecule has 0 aromatic carbocycles. The summed E-state index contributed by atoms with van der Waals surface area (Å²) in [7, 11) is 1.97. The average molecular weight is 250 g/mol. The first-order valence-corrected chi connectivity index (χ1v) is 6.73. The van der Waals surface area contributed by atoms with Gasteiger partial charge in [0.25, 0.3) is 0 Å². The Morgan fingerprint density at radius 2 is 2.28 bits per heavy atom. The lowest BCUT2D eigenvalue weighted by atomic mass is 10.0. The minimum Gasteiger partial charge on any atom is -0.320 e. The normalized spacial score (nSPS) is 21.8. The number of ketones is 1. The molecule has 2 rings (SSSR count). The van der Waals surface area contributed by atoms with Crippen molar-refractivity contribution >= 4 is 5.78 Å². The Labute approximate surface area is 108 Å². The maximum Gasteiger partial charge on any atom is 0.146 e. The predicted molar refractivity (Wildman–Crippen MR) is 69.0 cm³/mol. The van der Waals surface area contributed by atoms with Crippen LogP contribution in [-0.4, -0.2) is 38.0 Å². The summed E-state index contributed by atoms with van der Waals surface area (Å²) in [4.78, 5) is 13.8. The standard InChI is InChI=1S/C13H22N4O/c1-11(18)8-12-6-4-3-5-7-17(12)9-13-15-14-10-16(13)2/h10,12H,3-9H2,1-2H3.